The van der Waals surface area contributed by atoms with Gasteiger partial charge in [0.25, 0.3) is 5.56 Å². The zero-order chi connectivity index (χ0) is 20.6. The van der Waals surface area contributed by atoms with E-state index >= 15 is 0 Å². The number of esters is 1. The second-order valence-electron chi connectivity index (χ2n) is 8.02. The smallest absolute Gasteiger partial charge is 0.330 e. The van der Waals surface area contributed by atoms with Crippen molar-refractivity contribution in [3.05, 3.63) is 70.8 Å². The predicted octanol–water partition coefficient (Wildman–Crippen LogP) is 1.44. The number of para-hydroxylation sites is 2. The highest BCUT2D eigenvalue weighted by molar-refractivity contribution is 6.03. The van der Waals surface area contributed by atoms with Gasteiger partial charge in [0.15, 0.2) is 5.60 Å². The van der Waals surface area contributed by atoms with Crippen LogP contribution in [0.1, 0.15) is 24.9 Å². The minimum atomic E-state index is -1.05. The van der Waals surface area contributed by atoms with Crippen LogP contribution >= 0.6 is 0 Å². The van der Waals surface area contributed by atoms with E-state index in [4.69, 9.17) is 4.74 Å². The van der Waals surface area contributed by atoms with Crippen molar-refractivity contribution in [2.45, 2.75) is 37.2 Å². The molecule has 4 atom stereocenters. The van der Waals surface area contributed by atoms with E-state index in [2.05, 4.69) is 10.3 Å². The van der Waals surface area contributed by atoms with Crippen molar-refractivity contribution in [2.75, 3.05) is 4.90 Å². The number of anilines is 1. The molecule has 6 rings (SSSR count). The summed E-state index contributed by atoms with van der Waals surface area (Å²) in [6, 6.07) is 13.3. The summed E-state index contributed by atoms with van der Waals surface area (Å²) >= 11 is 0. The first-order valence-electron chi connectivity index (χ1n) is 9.89. The summed E-state index contributed by atoms with van der Waals surface area (Å²) in [5.41, 5.74) is 0.756. The minimum absolute atomic E-state index is 0.0617. The maximum absolute atomic E-state index is 13.1. The van der Waals surface area contributed by atoms with E-state index < -0.39 is 23.8 Å². The zero-order valence-electron chi connectivity index (χ0n) is 16.1. The zero-order valence-corrected chi connectivity index (χ0v) is 16.1. The normalized spacial score (nSPS) is 29.5. The third-order valence-corrected chi connectivity index (χ3v) is 6.41. The van der Waals surface area contributed by atoms with Crippen LogP contribution in [-0.2, 0) is 19.9 Å². The van der Waals surface area contributed by atoms with Crippen LogP contribution in [0.15, 0.2) is 59.7 Å². The molecule has 1 aromatic heterocycles. The lowest BCUT2D eigenvalue weighted by Gasteiger charge is -2.30. The highest BCUT2D eigenvalue weighted by Crippen LogP contribution is 2.54. The number of amides is 1. The van der Waals surface area contributed by atoms with E-state index in [0.29, 0.717) is 10.9 Å². The summed E-state index contributed by atoms with van der Waals surface area (Å²) in [7, 11) is 0. The number of hydrogen-bond donors (Lipinski definition) is 1. The van der Waals surface area contributed by atoms with Crippen LogP contribution in [0.25, 0.3) is 10.9 Å². The van der Waals surface area contributed by atoms with E-state index in [1.807, 2.05) is 30.3 Å². The van der Waals surface area contributed by atoms with Gasteiger partial charge in [-0.2, -0.15) is 0 Å². The van der Waals surface area contributed by atoms with Crippen molar-refractivity contribution in [3.63, 3.8) is 0 Å². The quantitative estimate of drug-likeness (QED) is 0.619. The molecule has 0 saturated carbocycles. The molecule has 8 heteroatoms. The third-order valence-electron chi connectivity index (χ3n) is 6.41. The maximum Gasteiger partial charge on any atom is 0.330 e. The number of ether oxygens (including phenoxy) is 1. The topological polar surface area (TPSA) is 93.5 Å². The van der Waals surface area contributed by atoms with Crippen molar-refractivity contribution in [3.8, 4) is 0 Å². The molecule has 3 aromatic rings. The lowest BCUT2D eigenvalue weighted by Crippen LogP contribution is -2.49. The molecule has 1 N–H and O–H groups in total. The predicted molar refractivity (Wildman–Crippen MR) is 108 cm³/mol. The molecular formula is C22H18N4O4. The second kappa shape index (κ2) is 5.76. The van der Waals surface area contributed by atoms with Crippen molar-refractivity contribution in [1.29, 1.82) is 0 Å². The van der Waals surface area contributed by atoms with Crippen LogP contribution in [0, 0.1) is 0 Å². The number of rotatable bonds is 1. The molecule has 0 radical (unpaired) electrons. The molecule has 0 unspecified atom stereocenters. The Morgan fingerprint density at radius 1 is 1.10 bits per heavy atom. The van der Waals surface area contributed by atoms with E-state index in [-0.39, 0.29) is 23.9 Å². The molecule has 3 aliphatic rings. The van der Waals surface area contributed by atoms with E-state index in [0.717, 1.165) is 11.3 Å². The van der Waals surface area contributed by atoms with Crippen molar-refractivity contribution in [2.24, 2.45) is 0 Å². The van der Waals surface area contributed by atoms with Gasteiger partial charge in [0.1, 0.15) is 12.2 Å². The summed E-state index contributed by atoms with van der Waals surface area (Å²) in [6.07, 6.45) is 1.14. The first-order valence-corrected chi connectivity index (χ1v) is 9.89. The molecule has 0 bridgehead atoms. The SMILES string of the molecule is C[C@@H]1N[C@@H]2N(C1=O)c1ccccc1[C@@]21C[C@H](n2cnc3ccccc3c2=O)C(=O)O1. The Morgan fingerprint density at radius 2 is 1.87 bits per heavy atom. The number of fused-ring (bicyclic) bond motifs is 6. The average molecular weight is 402 g/mol. The number of benzene rings is 2. The van der Waals surface area contributed by atoms with Gasteiger partial charge in [-0.1, -0.05) is 30.3 Å². The Morgan fingerprint density at radius 3 is 2.73 bits per heavy atom. The van der Waals surface area contributed by atoms with Crippen molar-refractivity contribution < 1.29 is 14.3 Å². The molecule has 0 aliphatic carbocycles. The van der Waals surface area contributed by atoms with Crippen LogP contribution in [0.3, 0.4) is 0 Å². The van der Waals surface area contributed by atoms with Crippen LogP contribution in [0.4, 0.5) is 5.69 Å². The van der Waals surface area contributed by atoms with Gasteiger partial charge in [-0.15, -0.1) is 0 Å². The monoisotopic (exact) mass is 402 g/mol. The Kier molecular flexibility index (Phi) is 3.33. The summed E-state index contributed by atoms with van der Waals surface area (Å²) < 4.78 is 7.35. The Bertz CT molecular complexity index is 1300. The van der Waals surface area contributed by atoms with Crippen LogP contribution in [0.5, 0.6) is 0 Å². The molecule has 2 fully saturated rings. The fourth-order valence-electron chi connectivity index (χ4n) is 5.02. The van der Waals surface area contributed by atoms with Gasteiger partial charge in [-0.05, 0) is 25.1 Å². The summed E-state index contributed by atoms with van der Waals surface area (Å²) in [5.74, 6) is -0.562. The Hall–Kier alpha value is -3.52. The minimum Gasteiger partial charge on any atom is -0.449 e. The molecule has 1 amide bonds. The Labute approximate surface area is 171 Å². The molecule has 8 nitrogen and oxygen atoms in total. The molecule has 2 saturated heterocycles. The molecule has 30 heavy (non-hydrogen) atoms. The van der Waals surface area contributed by atoms with Crippen molar-refractivity contribution >= 4 is 28.5 Å². The van der Waals surface area contributed by atoms with Gasteiger partial charge < -0.3 is 4.74 Å². The fraction of sp³-hybridized carbons (Fsp3) is 0.273. The third kappa shape index (κ3) is 2.03. The Balaban J connectivity index is 1.49. The fourth-order valence-corrected chi connectivity index (χ4v) is 5.02. The van der Waals surface area contributed by atoms with Gasteiger partial charge in [-0.25, -0.2) is 9.78 Å². The van der Waals surface area contributed by atoms with Gasteiger partial charge >= 0.3 is 5.97 Å². The summed E-state index contributed by atoms with van der Waals surface area (Å²) in [6.45, 7) is 1.79. The number of hydrogen-bond acceptors (Lipinski definition) is 6. The summed E-state index contributed by atoms with van der Waals surface area (Å²) in [4.78, 5) is 44.9. The lowest BCUT2D eigenvalue weighted by molar-refractivity contribution is -0.152. The van der Waals surface area contributed by atoms with E-state index in [1.54, 1.807) is 30.0 Å². The first kappa shape index (κ1) is 17.3. The molecular weight excluding hydrogens is 384 g/mol. The molecule has 1 spiro atoms. The number of carbonyl (C=O) groups excluding carboxylic acids is 2. The standard InChI is InChI=1S/C22H18N4O4/c1-12-18(27)26-16-9-5-3-7-14(16)22(21(26)24-12)10-17(20(29)30-22)25-11-23-15-8-4-2-6-13(15)19(25)28/h2-9,11-12,17,21,24H,10H2,1H3/t12-,17-,21+,22-/m0/s1. The number of aromatic nitrogens is 2. The number of carbonyl (C=O) groups is 2. The molecule has 4 heterocycles. The highest BCUT2D eigenvalue weighted by Gasteiger charge is 2.64. The largest absolute Gasteiger partial charge is 0.449 e. The molecule has 3 aliphatic heterocycles. The lowest BCUT2D eigenvalue weighted by atomic mass is 9.88. The van der Waals surface area contributed by atoms with Crippen LogP contribution in [0.2, 0.25) is 0 Å². The van der Waals surface area contributed by atoms with Gasteiger partial charge in [0.05, 0.1) is 29.0 Å². The van der Waals surface area contributed by atoms with E-state index in [1.165, 1.54) is 10.9 Å². The summed E-state index contributed by atoms with van der Waals surface area (Å²) in [5, 5.41) is 3.73. The van der Waals surface area contributed by atoms with Crippen LogP contribution in [-0.4, -0.2) is 33.6 Å². The van der Waals surface area contributed by atoms with E-state index in [9.17, 15) is 14.4 Å². The van der Waals surface area contributed by atoms with Crippen molar-refractivity contribution in [1.82, 2.24) is 14.9 Å². The molecule has 2 aromatic carbocycles. The first-order chi connectivity index (χ1) is 14.5. The van der Waals surface area contributed by atoms with Gasteiger partial charge in [-0.3, -0.25) is 24.4 Å². The second-order valence-corrected chi connectivity index (χ2v) is 8.02. The number of nitrogens with one attached hydrogen (secondary N) is 1. The highest BCUT2D eigenvalue weighted by atomic mass is 16.6. The van der Waals surface area contributed by atoms with Crippen LogP contribution < -0.4 is 15.8 Å². The maximum atomic E-state index is 13.1. The number of nitrogens with zero attached hydrogens (tertiary/aromatic N) is 3. The van der Waals surface area contributed by atoms with Gasteiger partial charge in [0, 0.05) is 12.0 Å². The van der Waals surface area contributed by atoms with Gasteiger partial charge in [0.2, 0.25) is 5.91 Å². The average Bonchev–Trinajstić information content (AvgIpc) is 3.34. The molecule has 150 valence electrons.